The molecule has 2 aromatic rings. The fourth-order valence-corrected chi connectivity index (χ4v) is 1.94. The van der Waals surface area contributed by atoms with Crippen LogP contribution in [0.4, 0.5) is 11.4 Å². The number of nitrogens with two attached hydrogens (primary N) is 1. The molecule has 2 rings (SSSR count). The molecule has 0 radical (unpaired) electrons. The summed E-state index contributed by atoms with van der Waals surface area (Å²) in [4.78, 5) is 0. The van der Waals surface area contributed by atoms with E-state index in [0.717, 1.165) is 29.1 Å². The maximum Gasteiger partial charge on any atom is 0.144 e. The molecule has 3 N–H and O–H groups in total. The van der Waals surface area contributed by atoms with E-state index in [1.807, 2.05) is 43.0 Å². The molecule has 0 atom stereocenters. The molecule has 0 fully saturated rings. The minimum Gasteiger partial charge on any atom is -0.491 e. The average Bonchev–Trinajstić information content (AvgIpc) is 2.76. The molecule has 0 aliphatic rings. The molecule has 0 bridgehead atoms. The fraction of sp³-hybridized carbons (Fsp3) is 0.400. The molecule has 108 valence electrons. The van der Waals surface area contributed by atoms with E-state index in [9.17, 15) is 0 Å². The number of anilines is 2. The zero-order valence-electron chi connectivity index (χ0n) is 12.3. The first-order valence-electron chi connectivity index (χ1n) is 6.86. The first kappa shape index (κ1) is 14.2. The number of nitrogen functional groups attached to an aromatic ring is 1. The Morgan fingerprint density at radius 1 is 1.40 bits per heavy atom. The van der Waals surface area contributed by atoms with Crippen LogP contribution in [0.25, 0.3) is 0 Å². The second-order valence-corrected chi connectivity index (χ2v) is 4.80. The quantitative estimate of drug-likeness (QED) is 0.795. The van der Waals surface area contributed by atoms with E-state index in [2.05, 4.69) is 17.3 Å². The third-order valence-electron chi connectivity index (χ3n) is 3.33. The van der Waals surface area contributed by atoms with Gasteiger partial charge in [0.25, 0.3) is 0 Å². The van der Waals surface area contributed by atoms with Crippen LogP contribution in [0, 0.1) is 6.92 Å². The summed E-state index contributed by atoms with van der Waals surface area (Å²) in [7, 11) is 1.94. The maximum absolute atomic E-state index is 6.12. The minimum absolute atomic E-state index is 0.655. The highest BCUT2D eigenvalue weighted by molar-refractivity contribution is 5.72. The third kappa shape index (κ3) is 3.04. The molecule has 0 saturated carbocycles. The van der Waals surface area contributed by atoms with Gasteiger partial charge >= 0.3 is 0 Å². The highest BCUT2D eigenvalue weighted by Crippen LogP contribution is 2.29. The fourth-order valence-electron chi connectivity index (χ4n) is 1.94. The van der Waals surface area contributed by atoms with Crippen LogP contribution in [-0.4, -0.2) is 16.4 Å². The van der Waals surface area contributed by atoms with Crippen LogP contribution in [0.15, 0.2) is 24.4 Å². The molecule has 1 aromatic heterocycles. The van der Waals surface area contributed by atoms with Gasteiger partial charge in [0, 0.05) is 24.8 Å². The van der Waals surface area contributed by atoms with Crippen molar-refractivity contribution in [1.29, 1.82) is 0 Å². The van der Waals surface area contributed by atoms with Gasteiger partial charge in [0.2, 0.25) is 0 Å². The van der Waals surface area contributed by atoms with Gasteiger partial charge in [-0.3, -0.25) is 4.68 Å². The first-order chi connectivity index (χ1) is 9.63. The van der Waals surface area contributed by atoms with Gasteiger partial charge in [-0.25, -0.2) is 0 Å². The van der Waals surface area contributed by atoms with Gasteiger partial charge in [-0.2, -0.15) is 5.10 Å². The number of aromatic nitrogens is 2. The zero-order chi connectivity index (χ0) is 14.5. The van der Waals surface area contributed by atoms with E-state index in [4.69, 9.17) is 10.5 Å². The molecule has 1 aromatic carbocycles. The maximum atomic E-state index is 6.12. The SMILES string of the molecule is CCCOc1cccc(NCc2cnn(C)c2C)c1N. The van der Waals surface area contributed by atoms with Crippen molar-refractivity contribution in [3.63, 3.8) is 0 Å². The summed E-state index contributed by atoms with van der Waals surface area (Å²) in [6.45, 7) is 5.49. The molecule has 1 heterocycles. The largest absolute Gasteiger partial charge is 0.491 e. The average molecular weight is 274 g/mol. The Morgan fingerprint density at radius 3 is 2.85 bits per heavy atom. The lowest BCUT2D eigenvalue weighted by Gasteiger charge is -2.13. The molecule has 5 nitrogen and oxygen atoms in total. The predicted octanol–water partition coefficient (Wildman–Crippen LogP) is 2.71. The molecular weight excluding hydrogens is 252 g/mol. The van der Waals surface area contributed by atoms with Crippen molar-refractivity contribution >= 4 is 11.4 Å². The van der Waals surface area contributed by atoms with Gasteiger partial charge in [-0.1, -0.05) is 13.0 Å². The van der Waals surface area contributed by atoms with Crippen LogP contribution in [0.2, 0.25) is 0 Å². The van der Waals surface area contributed by atoms with Gasteiger partial charge in [0.1, 0.15) is 5.75 Å². The Kier molecular flexibility index (Phi) is 4.50. The molecule has 0 spiro atoms. The number of ether oxygens (including phenoxy) is 1. The molecule has 0 unspecified atom stereocenters. The van der Waals surface area contributed by atoms with E-state index in [0.29, 0.717) is 18.8 Å². The minimum atomic E-state index is 0.655. The van der Waals surface area contributed by atoms with Crippen molar-refractivity contribution in [2.45, 2.75) is 26.8 Å². The number of benzene rings is 1. The van der Waals surface area contributed by atoms with Crippen LogP contribution in [0.5, 0.6) is 5.75 Å². The van der Waals surface area contributed by atoms with Crippen LogP contribution < -0.4 is 15.8 Å². The smallest absolute Gasteiger partial charge is 0.144 e. The molecule has 0 amide bonds. The third-order valence-corrected chi connectivity index (χ3v) is 3.33. The molecule has 0 saturated heterocycles. The number of nitrogens with one attached hydrogen (secondary N) is 1. The van der Waals surface area contributed by atoms with Crippen LogP contribution in [0.1, 0.15) is 24.6 Å². The van der Waals surface area contributed by atoms with Gasteiger partial charge < -0.3 is 15.8 Å². The zero-order valence-corrected chi connectivity index (χ0v) is 12.3. The molecule has 5 heteroatoms. The second kappa shape index (κ2) is 6.32. The van der Waals surface area contributed by atoms with Gasteiger partial charge in [0.15, 0.2) is 0 Å². The normalized spacial score (nSPS) is 10.6. The highest BCUT2D eigenvalue weighted by Gasteiger charge is 2.07. The lowest BCUT2D eigenvalue weighted by molar-refractivity contribution is 0.319. The molecule has 0 aliphatic heterocycles. The number of nitrogens with zero attached hydrogens (tertiary/aromatic N) is 2. The lowest BCUT2D eigenvalue weighted by atomic mass is 10.2. The number of para-hydroxylation sites is 1. The summed E-state index contributed by atoms with van der Waals surface area (Å²) in [5.74, 6) is 0.736. The van der Waals surface area contributed by atoms with E-state index in [1.54, 1.807) is 0 Å². The Balaban J connectivity index is 2.08. The Morgan fingerprint density at radius 2 is 2.20 bits per heavy atom. The molecular formula is C15H22N4O. The second-order valence-electron chi connectivity index (χ2n) is 4.80. The van der Waals surface area contributed by atoms with E-state index >= 15 is 0 Å². The monoisotopic (exact) mass is 274 g/mol. The Hall–Kier alpha value is -2.17. The number of aryl methyl sites for hydroxylation is 1. The molecule has 0 aliphatic carbocycles. The summed E-state index contributed by atoms with van der Waals surface area (Å²) < 4.78 is 7.49. The highest BCUT2D eigenvalue weighted by atomic mass is 16.5. The van der Waals surface area contributed by atoms with E-state index in [-0.39, 0.29) is 0 Å². The van der Waals surface area contributed by atoms with Crippen molar-refractivity contribution in [3.05, 3.63) is 35.7 Å². The van der Waals surface area contributed by atoms with Crippen LogP contribution in [-0.2, 0) is 13.6 Å². The first-order valence-corrected chi connectivity index (χ1v) is 6.86. The summed E-state index contributed by atoms with van der Waals surface area (Å²) in [5.41, 5.74) is 9.98. The van der Waals surface area contributed by atoms with Gasteiger partial charge in [0.05, 0.1) is 24.2 Å². The number of hydrogen-bond donors (Lipinski definition) is 2. The van der Waals surface area contributed by atoms with Crippen molar-refractivity contribution in [2.24, 2.45) is 7.05 Å². The van der Waals surface area contributed by atoms with Crippen molar-refractivity contribution in [1.82, 2.24) is 9.78 Å². The van der Waals surface area contributed by atoms with Crippen LogP contribution in [0.3, 0.4) is 0 Å². The van der Waals surface area contributed by atoms with Crippen molar-refractivity contribution in [2.75, 3.05) is 17.7 Å². The van der Waals surface area contributed by atoms with Gasteiger partial charge in [-0.05, 0) is 25.5 Å². The summed E-state index contributed by atoms with van der Waals surface area (Å²) in [6.07, 6.45) is 2.84. The van der Waals surface area contributed by atoms with Crippen LogP contribution >= 0.6 is 0 Å². The summed E-state index contributed by atoms with van der Waals surface area (Å²) >= 11 is 0. The molecule has 20 heavy (non-hydrogen) atoms. The topological polar surface area (TPSA) is 65.1 Å². The van der Waals surface area contributed by atoms with Crippen molar-refractivity contribution in [3.8, 4) is 5.75 Å². The van der Waals surface area contributed by atoms with E-state index in [1.165, 1.54) is 0 Å². The van der Waals surface area contributed by atoms with Crippen molar-refractivity contribution < 1.29 is 4.74 Å². The Bertz CT molecular complexity index is 577. The van der Waals surface area contributed by atoms with Gasteiger partial charge in [-0.15, -0.1) is 0 Å². The summed E-state index contributed by atoms with van der Waals surface area (Å²) in [6, 6.07) is 5.80. The number of hydrogen-bond acceptors (Lipinski definition) is 4. The predicted molar refractivity (Wildman–Crippen MR) is 81.9 cm³/mol. The summed E-state index contributed by atoms with van der Waals surface area (Å²) in [5, 5.41) is 7.57. The standard InChI is InChI=1S/C15H22N4O/c1-4-8-20-14-7-5-6-13(15(14)16)17-9-12-10-18-19(3)11(12)2/h5-7,10,17H,4,8-9,16H2,1-3H3. The Labute approximate surface area is 119 Å². The number of rotatable bonds is 6. The lowest BCUT2D eigenvalue weighted by Crippen LogP contribution is -2.06. The van der Waals surface area contributed by atoms with E-state index < -0.39 is 0 Å².